The van der Waals surface area contributed by atoms with Gasteiger partial charge in [0, 0.05) is 12.7 Å². The summed E-state index contributed by atoms with van der Waals surface area (Å²) in [6.45, 7) is 1.49. The van der Waals surface area contributed by atoms with Crippen molar-refractivity contribution in [3.8, 4) is 11.5 Å². The third-order valence-corrected chi connectivity index (χ3v) is 4.22. The number of ketones is 1. The predicted octanol–water partition coefficient (Wildman–Crippen LogP) is 5.19. The van der Waals surface area contributed by atoms with E-state index in [-0.39, 0.29) is 5.78 Å². The Bertz CT molecular complexity index is 913. The number of allylic oxidation sites excluding steroid dienone is 1. The maximum atomic E-state index is 12.1. The Balaban J connectivity index is 1.42. The third kappa shape index (κ3) is 6.63. The van der Waals surface area contributed by atoms with E-state index in [1.165, 1.54) is 0 Å². The zero-order valence-electron chi connectivity index (χ0n) is 16.4. The lowest BCUT2D eigenvalue weighted by Gasteiger charge is -2.09. The maximum Gasteiger partial charge on any atom is 0.185 e. The van der Waals surface area contributed by atoms with Gasteiger partial charge in [-0.25, -0.2) is 0 Å². The first kappa shape index (κ1) is 20.4. The molecule has 148 valence electrons. The number of hydrogen-bond acceptors (Lipinski definition) is 4. The third-order valence-electron chi connectivity index (χ3n) is 4.22. The Morgan fingerprint density at radius 2 is 1.38 bits per heavy atom. The fourth-order valence-electron chi connectivity index (χ4n) is 2.71. The van der Waals surface area contributed by atoms with Crippen molar-refractivity contribution in [1.82, 2.24) is 0 Å². The molecule has 0 atom stereocenters. The quantitative estimate of drug-likeness (QED) is 0.272. The van der Waals surface area contributed by atoms with Gasteiger partial charge in [0.15, 0.2) is 5.78 Å². The molecule has 0 aromatic heterocycles. The summed E-state index contributed by atoms with van der Waals surface area (Å²) in [5.41, 5.74) is 2.72. The van der Waals surface area contributed by atoms with E-state index >= 15 is 0 Å². The predicted molar refractivity (Wildman–Crippen MR) is 114 cm³/mol. The van der Waals surface area contributed by atoms with Gasteiger partial charge in [-0.2, -0.15) is 0 Å². The van der Waals surface area contributed by atoms with Gasteiger partial charge in [0.1, 0.15) is 24.7 Å². The zero-order chi connectivity index (χ0) is 20.3. The Kier molecular flexibility index (Phi) is 7.61. The van der Waals surface area contributed by atoms with Crippen molar-refractivity contribution in [2.75, 3.05) is 20.3 Å². The standard InChI is InChI=1S/C25H24O4/c1-27-19-21-9-14-24(15-10-21)29-18-17-28-23-12-7-20(8-13-23)11-16-25(26)22-5-3-2-4-6-22/h2-16H,17-19H2,1H3/b16-11+. The highest BCUT2D eigenvalue weighted by Crippen LogP contribution is 2.15. The van der Waals surface area contributed by atoms with Crippen molar-refractivity contribution in [1.29, 1.82) is 0 Å². The van der Waals surface area contributed by atoms with Gasteiger partial charge < -0.3 is 14.2 Å². The van der Waals surface area contributed by atoms with Crippen molar-refractivity contribution >= 4 is 11.9 Å². The first-order valence-electron chi connectivity index (χ1n) is 9.45. The van der Waals surface area contributed by atoms with E-state index in [0.29, 0.717) is 25.4 Å². The van der Waals surface area contributed by atoms with Crippen LogP contribution in [0.4, 0.5) is 0 Å². The van der Waals surface area contributed by atoms with Crippen LogP contribution in [-0.2, 0) is 11.3 Å². The zero-order valence-corrected chi connectivity index (χ0v) is 16.4. The van der Waals surface area contributed by atoms with Crippen molar-refractivity contribution in [2.24, 2.45) is 0 Å². The molecule has 0 N–H and O–H groups in total. The molecule has 0 aliphatic rings. The molecule has 0 spiro atoms. The molecule has 4 heteroatoms. The van der Waals surface area contributed by atoms with Crippen molar-refractivity contribution in [2.45, 2.75) is 6.61 Å². The molecule has 0 fully saturated rings. The average molecular weight is 388 g/mol. The molecule has 0 amide bonds. The first-order chi connectivity index (χ1) is 14.2. The summed E-state index contributed by atoms with van der Waals surface area (Å²) in [6.07, 6.45) is 3.38. The summed E-state index contributed by atoms with van der Waals surface area (Å²) in [7, 11) is 1.68. The van der Waals surface area contributed by atoms with Crippen LogP contribution in [0.3, 0.4) is 0 Å². The largest absolute Gasteiger partial charge is 0.490 e. The van der Waals surface area contributed by atoms with Gasteiger partial charge in [-0.3, -0.25) is 4.79 Å². The van der Waals surface area contributed by atoms with Crippen LogP contribution < -0.4 is 9.47 Å². The second kappa shape index (κ2) is 10.8. The summed E-state index contributed by atoms with van der Waals surface area (Å²) < 4.78 is 16.5. The molecular weight excluding hydrogens is 364 g/mol. The number of hydrogen-bond donors (Lipinski definition) is 0. The number of rotatable bonds is 10. The topological polar surface area (TPSA) is 44.8 Å². The van der Waals surface area contributed by atoms with Gasteiger partial charge in [0.05, 0.1) is 6.61 Å². The number of carbonyl (C=O) groups excluding carboxylic acids is 1. The van der Waals surface area contributed by atoms with Gasteiger partial charge >= 0.3 is 0 Å². The lowest BCUT2D eigenvalue weighted by molar-refractivity contribution is 0.104. The van der Waals surface area contributed by atoms with Gasteiger partial charge in [0.25, 0.3) is 0 Å². The normalized spacial score (nSPS) is 10.8. The summed E-state index contributed by atoms with van der Waals surface area (Å²) in [4.78, 5) is 12.1. The van der Waals surface area contributed by atoms with Gasteiger partial charge in [-0.1, -0.05) is 60.7 Å². The highest BCUT2D eigenvalue weighted by atomic mass is 16.5. The minimum atomic E-state index is -0.0154. The molecular formula is C25H24O4. The molecule has 29 heavy (non-hydrogen) atoms. The number of benzene rings is 3. The Morgan fingerprint density at radius 3 is 1.97 bits per heavy atom. The SMILES string of the molecule is COCc1ccc(OCCOc2ccc(/C=C/C(=O)c3ccccc3)cc2)cc1. The van der Waals surface area contributed by atoms with Crippen LogP contribution in [0, 0.1) is 0 Å². The molecule has 3 rings (SSSR count). The van der Waals surface area contributed by atoms with Crippen LogP contribution in [0.1, 0.15) is 21.5 Å². The average Bonchev–Trinajstić information content (AvgIpc) is 2.78. The molecule has 3 aromatic carbocycles. The van der Waals surface area contributed by atoms with Crippen molar-refractivity contribution in [3.05, 3.63) is 102 Å². The fraction of sp³-hybridized carbons (Fsp3) is 0.160. The van der Waals surface area contributed by atoms with E-state index < -0.39 is 0 Å². The summed E-state index contributed by atoms with van der Waals surface area (Å²) >= 11 is 0. The molecule has 0 saturated heterocycles. The molecule has 4 nitrogen and oxygen atoms in total. The summed E-state index contributed by atoms with van der Waals surface area (Å²) in [5, 5.41) is 0. The minimum absolute atomic E-state index is 0.0154. The smallest absolute Gasteiger partial charge is 0.185 e. The van der Waals surface area contributed by atoms with Crippen LogP contribution in [0.2, 0.25) is 0 Å². The Morgan fingerprint density at radius 1 is 0.793 bits per heavy atom. The van der Waals surface area contributed by atoms with E-state index in [9.17, 15) is 4.79 Å². The van der Waals surface area contributed by atoms with E-state index in [1.54, 1.807) is 31.4 Å². The van der Waals surface area contributed by atoms with Crippen molar-refractivity contribution in [3.63, 3.8) is 0 Å². The maximum absolute atomic E-state index is 12.1. The van der Waals surface area contributed by atoms with E-state index in [4.69, 9.17) is 14.2 Å². The molecule has 3 aromatic rings. The van der Waals surface area contributed by atoms with E-state index in [1.807, 2.05) is 66.7 Å². The summed E-state index contributed by atoms with van der Waals surface area (Å²) in [6, 6.07) is 24.6. The summed E-state index contributed by atoms with van der Waals surface area (Å²) in [5.74, 6) is 1.55. The van der Waals surface area contributed by atoms with Gasteiger partial charge in [-0.05, 0) is 41.5 Å². The molecule has 0 heterocycles. The van der Waals surface area contributed by atoms with E-state index in [0.717, 1.165) is 22.6 Å². The number of ether oxygens (including phenoxy) is 3. The lowest BCUT2D eigenvalue weighted by atomic mass is 10.1. The Labute approximate surface area is 171 Å². The molecule has 0 unspecified atom stereocenters. The highest BCUT2D eigenvalue weighted by molar-refractivity contribution is 6.06. The van der Waals surface area contributed by atoms with E-state index in [2.05, 4.69) is 0 Å². The molecule has 0 saturated carbocycles. The first-order valence-corrected chi connectivity index (χ1v) is 9.45. The van der Waals surface area contributed by atoms with Crippen LogP contribution in [0.25, 0.3) is 6.08 Å². The van der Waals surface area contributed by atoms with Crippen LogP contribution in [0.5, 0.6) is 11.5 Å². The number of methoxy groups -OCH3 is 1. The van der Waals surface area contributed by atoms with Crippen LogP contribution in [0.15, 0.2) is 84.9 Å². The Hall–Kier alpha value is -3.37. The van der Waals surface area contributed by atoms with Crippen molar-refractivity contribution < 1.29 is 19.0 Å². The molecule has 0 aliphatic carbocycles. The minimum Gasteiger partial charge on any atom is -0.490 e. The second-order valence-corrected chi connectivity index (χ2v) is 6.41. The lowest BCUT2D eigenvalue weighted by Crippen LogP contribution is -2.08. The van der Waals surface area contributed by atoms with Crippen LogP contribution in [-0.4, -0.2) is 26.1 Å². The molecule has 0 bridgehead atoms. The highest BCUT2D eigenvalue weighted by Gasteiger charge is 2.00. The van der Waals surface area contributed by atoms with Gasteiger partial charge in [0.2, 0.25) is 0 Å². The second-order valence-electron chi connectivity index (χ2n) is 6.41. The number of carbonyl (C=O) groups is 1. The molecule has 0 radical (unpaired) electrons. The fourth-order valence-corrected chi connectivity index (χ4v) is 2.71. The van der Waals surface area contributed by atoms with Gasteiger partial charge in [-0.15, -0.1) is 0 Å². The molecule has 0 aliphatic heterocycles. The monoisotopic (exact) mass is 388 g/mol. The van der Waals surface area contributed by atoms with Crippen LogP contribution >= 0.6 is 0 Å².